The standard InChI is InChI=1S/C17H16N2O3/c1-11-9-14(15(10-18)16(20)19-11)12-5-2-3-6-13(12)17-21-7-4-8-22-17/h2-3,5-6,9,17H,4,7-8H2,1H3,(H,19,20). The third kappa shape index (κ3) is 2.67. The average Bonchev–Trinajstić information content (AvgIpc) is 2.55. The van der Waals surface area contributed by atoms with Gasteiger partial charge >= 0.3 is 0 Å². The van der Waals surface area contributed by atoms with Crippen molar-refractivity contribution in [1.82, 2.24) is 4.98 Å². The van der Waals surface area contributed by atoms with Crippen molar-refractivity contribution in [1.29, 1.82) is 5.26 Å². The summed E-state index contributed by atoms with van der Waals surface area (Å²) in [5, 5.41) is 9.32. The van der Waals surface area contributed by atoms with Crippen LogP contribution in [0.2, 0.25) is 0 Å². The molecule has 0 atom stereocenters. The summed E-state index contributed by atoms with van der Waals surface area (Å²) in [5.74, 6) is 0. The van der Waals surface area contributed by atoms with E-state index in [-0.39, 0.29) is 11.1 Å². The molecule has 5 heteroatoms. The number of rotatable bonds is 2. The van der Waals surface area contributed by atoms with Crippen molar-refractivity contribution in [2.75, 3.05) is 13.2 Å². The van der Waals surface area contributed by atoms with Crippen molar-refractivity contribution >= 4 is 0 Å². The first kappa shape index (κ1) is 14.5. The van der Waals surface area contributed by atoms with E-state index in [9.17, 15) is 10.1 Å². The first-order chi connectivity index (χ1) is 10.7. The second-order valence-corrected chi connectivity index (χ2v) is 5.20. The highest BCUT2D eigenvalue weighted by Gasteiger charge is 2.22. The highest BCUT2D eigenvalue weighted by atomic mass is 16.7. The van der Waals surface area contributed by atoms with Gasteiger partial charge in [0.05, 0.1) is 13.2 Å². The lowest BCUT2D eigenvalue weighted by Gasteiger charge is -2.25. The number of pyridine rings is 1. The van der Waals surface area contributed by atoms with Crippen LogP contribution in [-0.4, -0.2) is 18.2 Å². The van der Waals surface area contributed by atoms with Crippen LogP contribution in [-0.2, 0) is 9.47 Å². The maximum atomic E-state index is 12.0. The number of ether oxygens (including phenoxy) is 2. The van der Waals surface area contributed by atoms with Crippen molar-refractivity contribution in [3.8, 4) is 17.2 Å². The summed E-state index contributed by atoms with van der Waals surface area (Å²) in [5.41, 5.74) is 2.67. The predicted molar refractivity (Wildman–Crippen MR) is 81.2 cm³/mol. The summed E-state index contributed by atoms with van der Waals surface area (Å²) in [4.78, 5) is 14.7. The second kappa shape index (κ2) is 6.14. The molecule has 5 nitrogen and oxygen atoms in total. The Bertz CT molecular complexity index is 783. The smallest absolute Gasteiger partial charge is 0.266 e. The number of nitrogens with one attached hydrogen (secondary N) is 1. The van der Waals surface area contributed by atoms with Crippen molar-refractivity contribution in [2.24, 2.45) is 0 Å². The highest BCUT2D eigenvalue weighted by molar-refractivity contribution is 5.73. The Morgan fingerprint density at radius 2 is 1.95 bits per heavy atom. The molecule has 1 aliphatic heterocycles. The minimum atomic E-state index is -0.462. The van der Waals surface area contributed by atoms with Crippen LogP contribution in [0.4, 0.5) is 0 Å². The topological polar surface area (TPSA) is 75.1 Å². The van der Waals surface area contributed by atoms with Crippen LogP contribution in [0.15, 0.2) is 35.1 Å². The van der Waals surface area contributed by atoms with Gasteiger partial charge in [-0.1, -0.05) is 24.3 Å². The van der Waals surface area contributed by atoms with Gasteiger partial charge < -0.3 is 14.5 Å². The molecule has 0 bridgehead atoms. The van der Waals surface area contributed by atoms with Crippen molar-refractivity contribution in [2.45, 2.75) is 19.6 Å². The number of hydrogen-bond donors (Lipinski definition) is 1. The second-order valence-electron chi connectivity index (χ2n) is 5.20. The van der Waals surface area contributed by atoms with E-state index < -0.39 is 6.29 Å². The molecule has 1 saturated heterocycles. The Kier molecular flexibility index (Phi) is 4.05. The quantitative estimate of drug-likeness (QED) is 0.924. The van der Waals surface area contributed by atoms with E-state index in [1.807, 2.05) is 36.4 Å². The maximum Gasteiger partial charge on any atom is 0.266 e. The Morgan fingerprint density at radius 1 is 1.23 bits per heavy atom. The van der Waals surface area contributed by atoms with E-state index in [1.165, 1.54) is 0 Å². The van der Waals surface area contributed by atoms with Gasteiger partial charge in [0.2, 0.25) is 0 Å². The number of aryl methyl sites for hydroxylation is 1. The van der Waals surface area contributed by atoms with Crippen molar-refractivity contribution < 1.29 is 9.47 Å². The van der Waals surface area contributed by atoms with E-state index >= 15 is 0 Å². The molecular weight excluding hydrogens is 280 g/mol. The summed E-state index contributed by atoms with van der Waals surface area (Å²) in [7, 11) is 0. The highest BCUT2D eigenvalue weighted by Crippen LogP contribution is 2.33. The summed E-state index contributed by atoms with van der Waals surface area (Å²) >= 11 is 0. The van der Waals surface area contributed by atoms with Crippen LogP contribution in [0.1, 0.15) is 29.5 Å². The SMILES string of the molecule is Cc1cc(-c2ccccc2C2OCCCO2)c(C#N)c(=O)[nH]1. The number of hydrogen-bond acceptors (Lipinski definition) is 4. The number of aromatic nitrogens is 1. The average molecular weight is 296 g/mol. The Hall–Kier alpha value is -2.42. The molecule has 0 unspecified atom stereocenters. The molecular formula is C17H16N2O3. The largest absolute Gasteiger partial charge is 0.348 e. The molecule has 1 N–H and O–H groups in total. The lowest BCUT2D eigenvalue weighted by molar-refractivity contribution is -0.182. The van der Waals surface area contributed by atoms with Gasteiger partial charge in [0.15, 0.2) is 6.29 Å². The molecule has 2 heterocycles. The Balaban J connectivity index is 2.17. The molecule has 0 saturated carbocycles. The molecule has 0 aliphatic carbocycles. The molecule has 2 aromatic rings. The van der Waals surface area contributed by atoms with Crippen LogP contribution in [0.25, 0.3) is 11.1 Å². The van der Waals surface area contributed by atoms with Crippen LogP contribution in [0, 0.1) is 18.3 Å². The molecule has 0 spiro atoms. The zero-order valence-corrected chi connectivity index (χ0v) is 12.3. The number of H-pyrrole nitrogens is 1. The third-order valence-corrected chi connectivity index (χ3v) is 3.61. The zero-order chi connectivity index (χ0) is 15.5. The number of nitriles is 1. The monoisotopic (exact) mass is 296 g/mol. The van der Waals surface area contributed by atoms with E-state index in [4.69, 9.17) is 9.47 Å². The van der Waals surface area contributed by atoms with Gasteiger partial charge in [-0.05, 0) is 25.0 Å². The maximum absolute atomic E-state index is 12.0. The molecule has 1 aromatic heterocycles. The molecule has 1 aromatic carbocycles. The molecule has 0 radical (unpaired) electrons. The molecule has 22 heavy (non-hydrogen) atoms. The van der Waals surface area contributed by atoms with Crippen LogP contribution in [0.3, 0.4) is 0 Å². The van der Waals surface area contributed by atoms with E-state index in [0.29, 0.717) is 24.5 Å². The number of benzene rings is 1. The normalized spacial score (nSPS) is 15.5. The molecule has 0 amide bonds. The van der Waals surface area contributed by atoms with E-state index in [0.717, 1.165) is 17.5 Å². The Labute approximate surface area is 128 Å². The van der Waals surface area contributed by atoms with Crippen LogP contribution in [0.5, 0.6) is 0 Å². The van der Waals surface area contributed by atoms with Gasteiger partial charge in [-0.3, -0.25) is 4.79 Å². The van der Waals surface area contributed by atoms with Crippen LogP contribution >= 0.6 is 0 Å². The van der Waals surface area contributed by atoms with Gasteiger partial charge in [0, 0.05) is 16.8 Å². The van der Waals surface area contributed by atoms with Gasteiger partial charge in [-0.15, -0.1) is 0 Å². The molecule has 1 fully saturated rings. The van der Waals surface area contributed by atoms with Gasteiger partial charge in [0.25, 0.3) is 5.56 Å². The fourth-order valence-corrected chi connectivity index (χ4v) is 2.63. The minimum absolute atomic E-state index is 0.105. The lowest BCUT2D eigenvalue weighted by atomic mass is 9.96. The first-order valence-corrected chi connectivity index (χ1v) is 7.17. The van der Waals surface area contributed by atoms with Crippen molar-refractivity contribution in [3.63, 3.8) is 0 Å². The molecule has 112 valence electrons. The third-order valence-electron chi connectivity index (χ3n) is 3.61. The summed E-state index contributed by atoms with van der Waals surface area (Å²) < 4.78 is 11.3. The van der Waals surface area contributed by atoms with E-state index in [2.05, 4.69) is 4.98 Å². The fourth-order valence-electron chi connectivity index (χ4n) is 2.63. The predicted octanol–water partition coefficient (Wildman–Crippen LogP) is 2.66. The molecule has 1 aliphatic rings. The van der Waals surface area contributed by atoms with Gasteiger partial charge in [0.1, 0.15) is 11.6 Å². The van der Waals surface area contributed by atoms with Crippen molar-refractivity contribution in [3.05, 3.63) is 57.5 Å². The number of nitrogens with zero attached hydrogens (tertiary/aromatic N) is 1. The summed E-state index contributed by atoms with van der Waals surface area (Å²) in [6.07, 6.45) is 0.405. The fraction of sp³-hybridized carbons (Fsp3) is 0.294. The lowest BCUT2D eigenvalue weighted by Crippen LogP contribution is -2.19. The van der Waals surface area contributed by atoms with Gasteiger partial charge in [-0.2, -0.15) is 5.26 Å². The minimum Gasteiger partial charge on any atom is -0.348 e. The van der Waals surface area contributed by atoms with E-state index in [1.54, 1.807) is 6.92 Å². The zero-order valence-electron chi connectivity index (χ0n) is 12.3. The summed E-state index contributed by atoms with van der Waals surface area (Å²) in [6, 6.07) is 11.4. The first-order valence-electron chi connectivity index (χ1n) is 7.17. The molecule has 3 rings (SSSR count). The van der Waals surface area contributed by atoms with Gasteiger partial charge in [-0.25, -0.2) is 0 Å². The summed E-state index contributed by atoms with van der Waals surface area (Å²) in [6.45, 7) is 3.07. The van der Waals surface area contributed by atoms with Crippen LogP contribution < -0.4 is 5.56 Å². The Morgan fingerprint density at radius 3 is 2.68 bits per heavy atom. The number of aromatic amines is 1.